The molecule has 0 radical (unpaired) electrons. The Bertz CT molecular complexity index is 377. The Hall–Kier alpha value is -1.68. The molecule has 4 heteroatoms. The molecule has 0 fully saturated rings. The van der Waals surface area contributed by atoms with Crippen molar-refractivity contribution in [1.82, 2.24) is 5.54 Å². The summed E-state index contributed by atoms with van der Waals surface area (Å²) >= 11 is 0. The summed E-state index contributed by atoms with van der Waals surface area (Å²) in [6, 6.07) is 7.25. The maximum atomic E-state index is 11.6. The van der Waals surface area contributed by atoms with Crippen LogP contribution in [0.25, 0.3) is 6.08 Å². The second kappa shape index (κ2) is 6.74. The van der Waals surface area contributed by atoms with Gasteiger partial charge in [-0.25, -0.2) is 0 Å². The highest BCUT2D eigenvalue weighted by Crippen LogP contribution is 2.14. The minimum Gasteiger partial charge on any atom is -0.492 e. The van der Waals surface area contributed by atoms with Crippen LogP contribution in [0.2, 0.25) is 0 Å². The van der Waals surface area contributed by atoms with Crippen LogP contribution in [0.1, 0.15) is 12.5 Å². The molecule has 0 unspecified atom stereocenters. The molecule has 0 aliphatic heterocycles. The van der Waals surface area contributed by atoms with Gasteiger partial charge < -0.3 is 4.74 Å². The molecular formula is C12H14FNO2. The van der Waals surface area contributed by atoms with Crippen LogP contribution in [0, 0.1) is 0 Å². The third-order valence-electron chi connectivity index (χ3n) is 1.83. The molecule has 0 aliphatic carbocycles. The Morgan fingerprint density at radius 1 is 1.56 bits per heavy atom. The lowest BCUT2D eigenvalue weighted by Crippen LogP contribution is -2.12. The van der Waals surface area contributed by atoms with Crippen molar-refractivity contribution in [2.45, 2.75) is 6.92 Å². The van der Waals surface area contributed by atoms with Crippen molar-refractivity contribution >= 4 is 11.9 Å². The molecule has 1 rings (SSSR count). The SMILES string of the molecule is CC(=O)/C=C/c1cccc(OCCNF)c1. The second-order valence-electron chi connectivity index (χ2n) is 3.25. The second-order valence-corrected chi connectivity index (χ2v) is 3.25. The van der Waals surface area contributed by atoms with Crippen molar-refractivity contribution in [3.05, 3.63) is 35.9 Å². The number of nitrogens with one attached hydrogen (secondary N) is 1. The van der Waals surface area contributed by atoms with Gasteiger partial charge in [0.05, 0.1) is 6.54 Å². The van der Waals surface area contributed by atoms with Gasteiger partial charge in [0.2, 0.25) is 0 Å². The van der Waals surface area contributed by atoms with Crippen LogP contribution < -0.4 is 10.3 Å². The fourth-order valence-electron chi connectivity index (χ4n) is 1.13. The number of hydrogen-bond acceptors (Lipinski definition) is 3. The zero-order chi connectivity index (χ0) is 11.8. The number of allylic oxidation sites excluding steroid dienone is 1. The number of rotatable bonds is 6. The molecule has 16 heavy (non-hydrogen) atoms. The first kappa shape index (κ1) is 12.4. The quantitative estimate of drug-likeness (QED) is 0.456. The van der Waals surface area contributed by atoms with Crippen LogP contribution in [0.15, 0.2) is 30.3 Å². The lowest BCUT2D eigenvalue weighted by molar-refractivity contribution is -0.112. The third kappa shape index (κ3) is 4.70. The monoisotopic (exact) mass is 223 g/mol. The highest BCUT2D eigenvalue weighted by molar-refractivity contribution is 5.91. The van der Waals surface area contributed by atoms with Crippen molar-refractivity contribution in [2.75, 3.05) is 13.2 Å². The summed E-state index contributed by atoms with van der Waals surface area (Å²) in [5.41, 5.74) is 2.38. The first-order valence-electron chi connectivity index (χ1n) is 4.97. The van der Waals surface area contributed by atoms with E-state index in [-0.39, 0.29) is 18.9 Å². The van der Waals surface area contributed by atoms with Crippen molar-refractivity contribution < 1.29 is 14.0 Å². The number of hydrogen-bond donors (Lipinski definition) is 1. The van der Waals surface area contributed by atoms with E-state index in [1.54, 1.807) is 18.2 Å². The number of carbonyl (C=O) groups is 1. The van der Waals surface area contributed by atoms with Crippen molar-refractivity contribution in [3.63, 3.8) is 0 Å². The zero-order valence-corrected chi connectivity index (χ0v) is 9.07. The summed E-state index contributed by atoms with van der Waals surface area (Å²) in [6.45, 7) is 1.90. The summed E-state index contributed by atoms with van der Waals surface area (Å²) < 4.78 is 16.9. The van der Waals surface area contributed by atoms with E-state index in [0.717, 1.165) is 5.56 Å². The van der Waals surface area contributed by atoms with Crippen molar-refractivity contribution in [2.24, 2.45) is 0 Å². The molecule has 0 aromatic heterocycles. The highest BCUT2D eigenvalue weighted by Gasteiger charge is 1.94. The van der Waals surface area contributed by atoms with Gasteiger partial charge >= 0.3 is 0 Å². The summed E-state index contributed by atoms with van der Waals surface area (Å²) in [7, 11) is 0. The van der Waals surface area contributed by atoms with Crippen LogP contribution in [0.5, 0.6) is 5.75 Å². The average Bonchev–Trinajstić information content (AvgIpc) is 2.27. The van der Waals surface area contributed by atoms with E-state index in [0.29, 0.717) is 5.75 Å². The summed E-state index contributed by atoms with van der Waals surface area (Å²) in [4.78, 5) is 10.7. The standard InChI is InChI=1S/C12H14FNO2/c1-10(15)5-6-11-3-2-4-12(9-11)16-8-7-14-13/h2-6,9,14H,7-8H2,1H3/b6-5+. The van der Waals surface area contributed by atoms with E-state index in [9.17, 15) is 9.28 Å². The molecule has 86 valence electrons. The molecule has 0 aliphatic rings. The van der Waals surface area contributed by atoms with Gasteiger partial charge in [0, 0.05) is 0 Å². The minimum absolute atomic E-state index is 0.00653. The van der Waals surface area contributed by atoms with Gasteiger partial charge in [-0.15, -0.1) is 4.48 Å². The molecule has 1 aromatic rings. The van der Waals surface area contributed by atoms with E-state index < -0.39 is 0 Å². The molecule has 1 N–H and O–H groups in total. The topological polar surface area (TPSA) is 38.3 Å². The summed E-state index contributed by atoms with van der Waals surface area (Å²) in [5, 5.41) is 0. The van der Waals surface area contributed by atoms with Crippen LogP contribution in [0.3, 0.4) is 0 Å². The number of ether oxygens (including phenoxy) is 1. The Morgan fingerprint density at radius 2 is 2.38 bits per heavy atom. The number of halogens is 1. The van der Waals surface area contributed by atoms with Gasteiger partial charge in [-0.2, -0.15) is 5.54 Å². The van der Waals surface area contributed by atoms with Gasteiger partial charge in [0.15, 0.2) is 5.78 Å². The lowest BCUT2D eigenvalue weighted by Gasteiger charge is -2.05. The van der Waals surface area contributed by atoms with Crippen LogP contribution >= 0.6 is 0 Å². The zero-order valence-electron chi connectivity index (χ0n) is 9.07. The van der Waals surface area contributed by atoms with Crippen LogP contribution in [0.4, 0.5) is 4.48 Å². The molecule has 0 atom stereocenters. The third-order valence-corrected chi connectivity index (χ3v) is 1.83. The average molecular weight is 223 g/mol. The molecular weight excluding hydrogens is 209 g/mol. The Morgan fingerprint density at radius 3 is 3.06 bits per heavy atom. The predicted molar refractivity (Wildman–Crippen MR) is 60.8 cm³/mol. The predicted octanol–water partition coefficient (Wildman–Crippen LogP) is 2.14. The van der Waals surface area contributed by atoms with E-state index in [4.69, 9.17) is 4.74 Å². The van der Waals surface area contributed by atoms with Crippen molar-refractivity contribution in [1.29, 1.82) is 0 Å². The number of ketones is 1. The first-order valence-corrected chi connectivity index (χ1v) is 4.97. The minimum atomic E-state index is -0.00653. The fourth-order valence-corrected chi connectivity index (χ4v) is 1.13. The summed E-state index contributed by atoms with van der Waals surface area (Å²) in [6.07, 6.45) is 3.20. The molecule has 1 aromatic carbocycles. The van der Waals surface area contributed by atoms with Gasteiger partial charge in [0.1, 0.15) is 12.4 Å². The van der Waals surface area contributed by atoms with Gasteiger partial charge in [-0.1, -0.05) is 18.2 Å². The van der Waals surface area contributed by atoms with E-state index in [1.807, 2.05) is 12.1 Å². The molecule has 0 heterocycles. The van der Waals surface area contributed by atoms with Crippen molar-refractivity contribution in [3.8, 4) is 5.75 Å². The largest absolute Gasteiger partial charge is 0.492 e. The Balaban J connectivity index is 2.60. The highest BCUT2D eigenvalue weighted by atomic mass is 19.2. The van der Waals surface area contributed by atoms with Gasteiger partial charge in [-0.3, -0.25) is 4.79 Å². The molecule has 0 spiro atoms. The lowest BCUT2D eigenvalue weighted by atomic mass is 10.2. The molecule has 0 saturated carbocycles. The maximum Gasteiger partial charge on any atom is 0.152 e. The molecule has 0 saturated heterocycles. The van der Waals surface area contributed by atoms with Crippen LogP contribution in [-0.4, -0.2) is 18.9 Å². The van der Waals surface area contributed by atoms with Crippen LogP contribution in [-0.2, 0) is 4.79 Å². The first-order chi connectivity index (χ1) is 7.72. The Labute approximate surface area is 93.9 Å². The normalized spacial score (nSPS) is 10.6. The smallest absolute Gasteiger partial charge is 0.152 e. The van der Waals surface area contributed by atoms with E-state index >= 15 is 0 Å². The maximum absolute atomic E-state index is 11.6. The summed E-state index contributed by atoms with van der Waals surface area (Å²) in [5.74, 6) is 0.647. The number of carbonyl (C=O) groups excluding carboxylic acids is 1. The fraction of sp³-hybridized carbons (Fsp3) is 0.250. The van der Waals surface area contributed by atoms with E-state index in [1.165, 1.54) is 18.5 Å². The molecule has 0 amide bonds. The van der Waals surface area contributed by atoms with Gasteiger partial charge in [-0.05, 0) is 30.7 Å². The van der Waals surface area contributed by atoms with E-state index in [2.05, 4.69) is 0 Å². The van der Waals surface area contributed by atoms with Gasteiger partial charge in [0.25, 0.3) is 0 Å². The number of benzene rings is 1. The Kier molecular flexibility index (Phi) is 5.22. The molecule has 0 bridgehead atoms. The molecule has 3 nitrogen and oxygen atoms in total.